The number of carbonyl (C=O) groups excluding carboxylic acids is 1. The number of amides is 1. The highest BCUT2D eigenvalue weighted by Gasteiger charge is 2.37. The van der Waals surface area contributed by atoms with Crippen LogP contribution in [0.15, 0.2) is 6.07 Å². The van der Waals surface area contributed by atoms with Crippen LogP contribution in [0.1, 0.15) is 59.6 Å². The van der Waals surface area contributed by atoms with Crippen LogP contribution in [-0.2, 0) is 6.42 Å². The second-order valence-electron chi connectivity index (χ2n) is 5.68. The number of thiophene rings is 1. The van der Waals surface area contributed by atoms with Gasteiger partial charge in [-0.25, -0.2) is 8.78 Å². The summed E-state index contributed by atoms with van der Waals surface area (Å²) in [4.78, 5) is 15.5. The van der Waals surface area contributed by atoms with Gasteiger partial charge >= 0.3 is 0 Å². The van der Waals surface area contributed by atoms with Crippen molar-refractivity contribution in [2.24, 2.45) is 0 Å². The summed E-state index contributed by atoms with van der Waals surface area (Å²) in [6, 6.07) is 1.89. The van der Waals surface area contributed by atoms with Crippen LogP contribution >= 0.6 is 11.3 Å². The quantitative estimate of drug-likeness (QED) is 0.815. The van der Waals surface area contributed by atoms with Crippen LogP contribution in [0.5, 0.6) is 0 Å². The first-order chi connectivity index (χ1) is 9.34. The van der Waals surface area contributed by atoms with Gasteiger partial charge in [-0.15, -0.1) is 11.3 Å². The van der Waals surface area contributed by atoms with E-state index in [0.717, 1.165) is 6.42 Å². The van der Waals surface area contributed by atoms with Crippen LogP contribution in [0, 0.1) is 0 Å². The number of likely N-dealkylation sites (tertiary alicyclic amines) is 1. The highest BCUT2D eigenvalue weighted by Crippen LogP contribution is 2.32. The molecule has 1 aromatic heterocycles. The highest BCUT2D eigenvalue weighted by atomic mass is 32.1. The summed E-state index contributed by atoms with van der Waals surface area (Å²) in [5.74, 6) is -2.62. The maximum absolute atomic E-state index is 13.4. The summed E-state index contributed by atoms with van der Waals surface area (Å²) < 4.78 is 26.8. The molecule has 0 N–H and O–H groups in total. The van der Waals surface area contributed by atoms with Gasteiger partial charge in [0, 0.05) is 17.8 Å². The number of carbonyl (C=O) groups is 1. The van der Waals surface area contributed by atoms with Gasteiger partial charge in [-0.1, -0.05) is 20.8 Å². The second-order valence-corrected chi connectivity index (χ2v) is 6.82. The van der Waals surface area contributed by atoms with Crippen molar-refractivity contribution in [1.29, 1.82) is 0 Å². The Balaban J connectivity index is 2.21. The van der Waals surface area contributed by atoms with E-state index in [-0.39, 0.29) is 12.3 Å². The summed E-state index contributed by atoms with van der Waals surface area (Å²) in [5, 5.41) is 0. The topological polar surface area (TPSA) is 20.3 Å². The monoisotopic (exact) mass is 301 g/mol. The van der Waals surface area contributed by atoms with E-state index >= 15 is 0 Å². The van der Waals surface area contributed by atoms with Crippen molar-refractivity contribution >= 4 is 17.2 Å². The second kappa shape index (κ2) is 5.80. The van der Waals surface area contributed by atoms with Gasteiger partial charge in [0.2, 0.25) is 0 Å². The van der Waals surface area contributed by atoms with Gasteiger partial charge in [-0.05, 0) is 30.4 Å². The van der Waals surface area contributed by atoms with Crippen molar-refractivity contribution in [1.82, 2.24) is 4.90 Å². The lowest BCUT2D eigenvalue weighted by Gasteiger charge is -2.32. The number of aryl methyl sites for hydroxylation is 1. The molecular formula is C15H21F2NOS. The lowest BCUT2D eigenvalue weighted by molar-refractivity contribution is -0.0559. The zero-order chi connectivity index (χ0) is 14.9. The Bertz CT molecular complexity index is 496. The lowest BCUT2D eigenvalue weighted by atomic mass is 10.0. The molecule has 1 fully saturated rings. The fourth-order valence-corrected chi connectivity index (χ4v) is 3.83. The molecule has 0 unspecified atom stereocenters. The molecule has 0 saturated carbocycles. The van der Waals surface area contributed by atoms with Crippen LogP contribution in [0.25, 0.3) is 0 Å². The molecule has 0 aliphatic carbocycles. The van der Waals surface area contributed by atoms with E-state index < -0.39 is 12.5 Å². The van der Waals surface area contributed by atoms with Gasteiger partial charge in [0.1, 0.15) is 0 Å². The normalized spacial score (nSPS) is 18.6. The summed E-state index contributed by atoms with van der Waals surface area (Å²) in [5.41, 5.74) is 1.17. The smallest absolute Gasteiger partial charge is 0.265 e. The van der Waals surface area contributed by atoms with E-state index in [1.807, 2.05) is 6.07 Å². The molecule has 1 aliphatic rings. The summed E-state index contributed by atoms with van der Waals surface area (Å²) >= 11 is 1.45. The number of halogens is 2. The molecule has 0 radical (unpaired) electrons. The van der Waals surface area contributed by atoms with Crippen LogP contribution in [0.3, 0.4) is 0 Å². The van der Waals surface area contributed by atoms with E-state index in [9.17, 15) is 13.6 Å². The number of hydrogen-bond donors (Lipinski definition) is 0. The zero-order valence-corrected chi connectivity index (χ0v) is 13.0. The first kappa shape index (κ1) is 15.4. The minimum absolute atomic E-state index is 0.112. The van der Waals surface area contributed by atoms with Gasteiger partial charge in [-0.2, -0.15) is 0 Å². The van der Waals surface area contributed by atoms with Crippen LogP contribution in [0.2, 0.25) is 0 Å². The third-order valence-corrected chi connectivity index (χ3v) is 4.96. The third-order valence-electron chi connectivity index (χ3n) is 3.68. The number of alkyl halides is 2. The highest BCUT2D eigenvalue weighted by molar-refractivity contribution is 7.14. The number of nitrogens with zero attached hydrogens (tertiary/aromatic N) is 1. The minimum atomic E-state index is -2.74. The van der Waals surface area contributed by atoms with E-state index in [1.54, 1.807) is 0 Å². The molecule has 0 spiro atoms. The lowest BCUT2D eigenvalue weighted by Crippen LogP contribution is -2.45. The molecule has 2 nitrogen and oxygen atoms in total. The molecule has 2 rings (SSSR count). The maximum atomic E-state index is 13.4. The molecule has 1 amide bonds. The summed E-state index contributed by atoms with van der Waals surface area (Å²) in [7, 11) is 0. The fourth-order valence-electron chi connectivity index (χ4n) is 2.61. The first-order valence-corrected chi connectivity index (χ1v) is 7.95. The number of piperidine rings is 1. The molecule has 0 atom stereocenters. The zero-order valence-electron chi connectivity index (χ0n) is 12.2. The molecule has 20 heavy (non-hydrogen) atoms. The summed E-state index contributed by atoms with van der Waals surface area (Å²) in [6.45, 7) is 6.23. The largest absolute Gasteiger partial charge is 0.332 e. The summed E-state index contributed by atoms with van der Waals surface area (Å²) in [6.07, 6.45) is 1.14. The Morgan fingerprint density at radius 3 is 2.70 bits per heavy atom. The average molecular weight is 301 g/mol. The van der Waals surface area contributed by atoms with Crippen LogP contribution in [0.4, 0.5) is 8.78 Å². The Hall–Kier alpha value is -0.970. The van der Waals surface area contributed by atoms with Crippen LogP contribution < -0.4 is 0 Å². The average Bonchev–Trinajstić information content (AvgIpc) is 2.80. The van der Waals surface area contributed by atoms with Gasteiger partial charge in [0.15, 0.2) is 0 Å². The van der Waals surface area contributed by atoms with E-state index in [0.29, 0.717) is 23.8 Å². The van der Waals surface area contributed by atoms with Crippen molar-refractivity contribution in [2.45, 2.75) is 51.9 Å². The van der Waals surface area contributed by atoms with Crippen molar-refractivity contribution < 1.29 is 13.6 Å². The van der Waals surface area contributed by atoms with Gasteiger partial charge in [-0.3, -0.25) is 4.79 Å². The molecule has 2 heterocycles. The first-order valence-electron chi connectivity index (χ1n) is 7.13. The fraction of sp³-hybridized carbons (Fsp3) is 0.667. The van der Waals surface area contributed by atoms with Gasteiger partial charge in [0.05, 0.1) is 11.4 Å². The van der Waals surface area contributed by atoms with E-state index in [2.05, 4.69) is 20.8 Å². The molecule has 0 bridgehead atoms. The molecule has 1 saturated heterocycles. The van der Waals surface area contributed by atoms with Crippen molar-refractivity contribution in [3.8, 4) is 0 Å². The van der Waals surface area contributed by atoms with Gasteiger partial charge < -0.3 is 4.90 Å². The standard InChI is InChI=1S/C15H21F2NOS/c1-4-12-11(10(2)3)8-13(20-12)14(19)18-7-5-6-15(16,17)9-18/h8,10H,4-7,9H2,1-3H3. The van der Waals surface area contributed by atoms with Crippen LogP contribution in [-0.4, -0.2) is 29.8 Å². The van der Waals surface area contributed by atoms with E-state index in [4.69, 9.17) is 0 Å². The predicted molar refractivity (Wildman–Crippen MR) is 77.9 cm³/mol. The predicted octanol–water partition coefficient (Wildman–Crippen LogP) is 4.31. The molecule has 112 valence electrons. The molecular weight excluding hydrogens is 280 g/mol. The third kappa shape index (κ3) is 3.19. The molecule has 1 aromatic rings. The number of rotatable bonds is 3. The van der Waals surface area contributed by atoms with Crippen molar-refractivity contribution in [3.05, 3.63) is 21.4 Å². The number of hydrogen-bond acceptors (Lipinski definition) is 2. The molecule has 1 aliphatic heterocycles. The molecule has 0 aromatic carbocycles. The Morgan fingerprint density at radius 1 is 1.50 bits per heavy atom. The Kier molecular flexibility index (Phi) is 4.47. The Labute approximate surface area is 122 Å². The van der Waals surface area contributed by atoms with Crippen molar-refractivity contribution in [3.63, 3.8) is 0 Å². The minimum Gasteiger partial charge on any atom is -0.332 e. The van der Waals surface area contributed by atoms with E-state index in [1.165, 1.54) is 26.7 Å². The Morgan fingerprint density at radius 2 is 2.20 bits per heavy atom. The SMILES string of the molecule is CCc1sc(C(=O)N2CCCC(F)(F)C2)cc1C(C)C. The maximum Gasteiger partial charge on any atom is 0.265 e. The van der Waals surface area contributed by atoms with Crippen molar-refractivity contribution in [2.75, 3.05) is 13.1 Å². The van der Waals surface area contributed by atoms with Gasteiger partial charge in [0.25, 0.3) is 11.8 Å². The molecule has 5 heteroatoms.